The van der Waals surface area contributed by atoms with E-state index in [-0.39, 0.29) is 5.75 Å². The molecule has 1 aromatic heterocycles. The van der Waals surface area contributed by atoms with Crippen LogP contribution in [0.3, 0.4) is 0 Å². The second kappa shape index (κ2) is 4.94. The van der Waals surface area contributed by atoms with Crippen LogP contribution in [0.1, 0.15) is 30.9 Å². The van der Waals surface area contributed by atoms with E-state index in [1.54, 1.807) is 18.3 Å². The van der Waals surface area contributed by atoms with Crippen LogP contribution in [0.4, 0.5) is 0 Å². The van der Waals surface area contributed by atoms with Crippen molar-refractivity contribution < 1.29 is 8.42 Å². The molecule has 4 nitrogen and oxygen atoms in total. The number of benzene rings is 1. The van der Waals surface area contributed by atoms with Gasteiger partial charge in [0.25, 0.3) is 0 Å². The van der Waals surface area contributed by atoms with Crippen molar-refractivity contribution in [3.63, 3.8) is 0 Å². The van der Waals surface area contributed by atoms with Crippen molar-refractivity contribution in [1.82, 2.24) is 10.2 Å². The summed E-state index contributed by atoms with van der Waals surface area (Å²) in [5, 5.41) is 6.36. The number of hydrogen-bond donors (Lipinski definition) is 1. The fourth-order valence-electron chi connectivity index (χ4n) is 1.72. The first-order valence-corrected chi connectivity index (χ1v) is 7.44. The van der Waals surface area contributed by atoms with Gasteiger partial charge in [-0.1, -0.05) is 26.0 Å². The fourth-order valence-corrected chi connectivity index (χ4v) is 3.03. The average molecular weight is 264 g/mol. The second-order valence-electron chi connectivity index (χ2n) is 4.59. The average Bonchev–Trinajstić information content (AvgIpc) is 2.81. The molecule has 1 N–H and O–H groups in total. The minimum Gasteiger partial charge on any atom is -0.285 e. The lowest BCUT2D eigenvalue weighted by Crippen LogP contribution is -2.04. The van der Waals surface area contributed by atoms with Crippen LogP contribution in [0, 0.1) is 0 Å². The van der Waals surface area contributed by atoms with Gasteiger partial charge in [-0.15, -0.1) is 0 Å². The van der Waals surface area contributed by atoms with E-state index in [4.69, 9.17) is 0 Å². The molecule has 5 heteroatoms. The highest BCUT2D eigenvalue weighted by molar-refractivity contribution is 7.90. The molecule has 0 fully saturated rings. The zero-order chi connectivity index (χ0) is 13.2. The Kier molecular flexibility index (Phi) is 3.52. The number of H-pyrrole nitrogens is 1. The van der Waals surface area contributed by atoms with E-state index in [1.807, 2.05) is 12.1 Å². The van der Waals surface area contributed by atoms with E-state index in [2.05, 4.69) is 24.0 Å². The lowest BCUT2D eigenvalue weighted by molar-refractivity contribution is 0.595. The molecule has 0 aliphatic rings. The number of sulfone groups is 1. The molecule has 96 valence electrons. The number of hydrogen-bond acceptors (Lipinski definition) is 3. The first-order valence-electron chi connectivity index (χ1n) is 5.79. The highest BCUT2D eigenvalue weighted by Gasteiger charge is 2.16. The molecule has 0 bridgehead atoms. The summed E-state index contributed by atoms with van der Waals surface area (Å²) in [7, 11) is -3.29. The molecule has 0 aliphatic heterocycles. The number of aromatic amines is 1. The van der Waals surface area contributed by atoms with Gasteiger partial charge in [0.05, 0.1) is 16.8 Å². The molecule has 0 amide bonds. The Bertz CT molecular complexity index is 599. The van der Waals surface area contributed by atoms with Crippen molar-refractivity contribution in [1.29, 1.82) is 0 Å². The maximum Gasteiger partial charge on any atom is 0.182 e. The van der Waals surface area contributed by atoms with Crippen molar-refractivity contribution in [2.45, 2.75) is 30.4 Å². The predicted molar refractivity (Wildman–Crippen MR) is 70.0 cm³/mol. The van der Waals surface area contributed by atoms with Gasteiger partial charge in [0, 0.05) is 11.8 Å². The van der Waals surface area contributed by atoms with Gasteiger partial charge in [0.15, 0.2) is 9.84 Å². The maximum absolute atomic E-state index is 12.1. The van der Waals surface area contributed by atoms with Crippen molar-refractivity contribution in [3.05, 3.63) is 47.8 Å². The monoisotopic (exact) mass is 264 g/mol. The lowest BCUT2D eigenvalue weighted by Gasteiger charge is -2.07. The minimum absolute atomic E-state index is 0.0233. The zero-order valence-corrected chi connectivity index (χ0v) is 11.2. The van der Waals surface area contributed by atoms with Crippen LogP contribution in [0.15, 0.2) is 41.6 Å². The van der Waals surface area contributed by atoms with Gasteiger partial charge in [-0.25, -0.2) is 8.42 Å². The van der Waals surface area contributed by atoms with Crippen LogP contribution in [0.2, 0.25) is 0 Å². The Morgan fingerprint density at radius 3 is 2.39 bits per heavy atom. The van der Waals surface area contributed by atoms with Crippen molar-refractivity contribution in [3.8, 4) is 0 Å². The summed E-state index contributed by atoms with van der Waals surface area (Å²) in [5.41, 5.74) is 1.81. The molecule has 0 aliphatic carbocycles. The third-order valence-corrected chi connectivity index (χ3v) is 4.52. The number of nitrogens with one attached hydrogen (secondary N) is 1. The maximum atomic E-state index is 12.1. The zero-order valence-electron chi connectivity index (χ0n) is 10.4. The van der Waals surface area contributed by atoms with Crippen LogP contribution in [-0.2, 0) is 15.6 Å². The van der Waals surface area contributed by atoms with E-state index in [1.165, 1.54) is 6.20 Å². The molecule has 2 aromatic rings. The summed E-state index contributed by atoms with van der Waals surface area (Å²) in [6.07, 6.45) is 3.13. The summed E-state index contributed by atoms with van der Waals surface area (Å²) in [4.78, 5) is 0.355. The highest BCUT2D eigenvalue weighted by Crippen LogP contribution is 2.20. The molecule has 2 rings (SSSR count). The Morgan fingerprint density at radius 1 is 1.22 bits per heavy atom. The molecule has 0 radical (unpaired) electrons. The smallest absolute Gasteiger partial charge is 0.182 e. The third-order valence-electron chi connectivity index (χ3n) is 2.82. The molecule has 1 heterocycles. The molecule has 0 atom stereocenters. The number of rotatable bonds is 4. The lowest BCUT2D eigenvalue weighted by atomic mass is 10.0. The Balaban J connectivity index is 2.25. The SMILES string of the molecule is CC(C)c1ccc(S(=O)(=O)Cc2cn[nH]c2)cc1. The minimum atomic E-state index is -3.29. The highest BCUT2D eigenvalue weighted by atomic mass is 32.2. The van der Waals surface area contributed by atoms with Crippen molar-refractivity contribution in [2.75, 3.05) is 0 Å². The largest absolute Gasteiger partial charge is 0.285 e. The first kappa shape index (κ1) is 12.8. The quantitative estimate of drug-likeness (QED) is 0.922. The van der Waals surface area contributed by atoms with Crippen LogP contribution < -0.4 is 0 Å². The Morgan fingerprint density at radius 2 is 1.89 bits per heavy atom. The van der Waals surface area contributed by atoms with Crippen LogP contribution in [-0.4, -0.2) is 18.6 Å². The molecule has 0 unspecified atom stereocenters. The topological polar surface area (TPSA) is 62.8 Å². The van der Waals surface area contributed by atoms with Gasteiger partial charge in [0.1, 0.15) is 0 Å². The first-order chi connectivity index (χ1) is 8.49. The van der Waals surface area contributed by atoms with Gasteiger partial charge >= 0.3 is 0 Å². The van der Waals surface area contributed by atoms with E-state index in [9.17, 15) is 8.42 Å². The second-order valence-corrected chi connectivity index (χ2v) is 6.58. The van der Waals surface area contributed by atoms with Gasteiger partial charge in [-0.2, -0.15) is 5.10 Å². The third kappa shape index (κ3) is 2.79. The summed E-state index contributed by atoms with van der Waals surface area (Å²) in [6.45, 7) is 4.16. The summed E-state index contributed by atoms with van der Waals surface area (Å²) in [6, 6.07) is 7.08. The molecular weight excluding hydrogens is 248 g/mol. The molecular formula is C13H16N2O2S. The molecule has 0 saturated carbocycles. The number of aromatic nitrogens is 2. The Labute approximate surface area is 107 Å². The summed E-state index contributed by atoms with van der Waals surface area (Å²) >= 11 is 0. The molecule has 0 spiro atoms. The van der Waals surface area contributed by atoms with Gasteiger partial charge in [-0.3, -0.25) is 5.10 Å². The summed E-state index contributed by atoms with van der Waals surface area (Å²) < 4.78 is 24.3. The molecule has 18 heavy (non-hydrogen) atoms. The van der Waals surface area contributed by atoms with Gasteiger partial charge in [0.2, 0.25) is 0 Å². The predicted octanol–water partition coefficient (Wildman–Crippen LogP) is 2.51. The Hall–Kier alpha value is -1.62. The fraction of sp³-hybridized carbons (Fsp3) is 0.308. The van der Waals surface area contributed by atoms with Crippen LogP contribution >= 0.6 is 0 Å². The number of nitrogens with zero attached hydrogens (tertiary/aromatic N) is 1. The van der Waals surface area contributed by atoms with Gasteiger partial charge < -0.3 is 0 Å². The van der Waals surface area contributed by atoms with Crippen LogP contribution in [0.25, 0.3) is 0 Å². The van der Waals surface area contributed by atoms with E-state index < -0.39 is 9.84 Å². The normalized spacial score (nSPS) is 11.9. The van der Waals surface area contributed by atoms with E-state index >= 15 is 0 Å². The van der Waals surface area contributed by atoms with Crippen molar-refractivity contribution >= 4 is 9.84 Å². The molecule has 1 aromatic carbocycles. The van der Waals surface area contributed by atoms with Gasteiger partial charge in [-0.05, 0) is 23.6 Å². The van der Waals surface area contributed by atoms with E-state index in [0.717, 1.165) is 5.56 Å². The summed E-state index contributed by atoms with van der Waals surface area (Å²) in [5.74, 6) is 0.375. The molecule has 0 saturated heterocycles. The van der Waals surface area contributed by atoms with E-state index in [0.29, 0.717) is 16.4 Å². The standard InChI is InChI=1S/C13H16N2O2S/c1-10(2)12-3-5-13(6-4-12)18(16,17)9-11-7-14-15-8-11/h3-8,10H,9H2,1-2H3,(H,14,15). The van der Waals surface area contributed by atoms with Crippen molar-refractivity contribution in [2.24, 2.45) is 0 Å². The van der Waals surface area contributed by atoms with Crippen LogP contribution in [0.5, 0.6) is 0 Å².